The van der Waals surface area contributed by atoms with Gasteiger partial charge in [-0.2, -0.15) is 11.8 Å². The van der Waals surface area contributed by atoms with Crippen molar-refractivity contribution in [2.24, 2.45) is 0 Å². The maximum absolute atomic E-state index is 12.0. The van der Waals surface area contributed by atoms with Crippen molar-refractivity contribution in [2.75, 3.05) is 25.4 Å². The van der Waals surface area contributed by atoms with Gasteiger partial charge in [0.2, 0.25) is 0 Å². The number of hydrogen-bond acceptors (Lipinski definition) is 4. The topological polar surface area (TPSA) is 50.4 Å². The van der Waals surface area contributed by atoms with E-state index in [1.807, 2.05) is 11.8 Å². The molecule has 2 unspecified atom stereocenters. The Morgan fingerprint density at radius 1 is 1.52 bits per heavy atom. The molecule has 0 saturated carbocycles. The third-order valence-corrected chi connectivity index (χ3v) is 6.68. The van der Waals surface area contributed by atoms with Gasteiger partial charge in [-0.3, -0.25) is 0 Å². The van der Waals surface area contributed by atoms with Gasteiger partial charge < -0.3 is 15.4 Å². The fraction of sp³-hybridized carbons (Fsp3) is 0.667. The molecule has 2 aliphatic rings. The Bertz CT molecular complexity index is 498. The molecule has 4 nitrogen and oxygen atoms in total. The normalized spacial score (nSPS) is 28.1. The van der Waals surface area contributed by atoms with Gasteiger partial charge in [0.1, 0.15) is 6.10 Å². The average molecular weight is 326 g/mol. The van der Waals surface area contributed by atoms with Crippen LogP contribution in [0, 0.1) is 0 Å². The number of urea groups is 1. The number of thiophene rings is 1. The highest BCUT2D eigenvalue weighted by Crippen LogP contribution is 2.37. The largest absolute Gasteiger partial charge is 0.371 e. The molecule has 6 heteroatoms. The predicted octanol–water partition coefficient (Wildman–Crippen LogP) is 2.95. The summed E-state index contributed by atoms with van der Waals surface area (Å²) in [5.41, 5.74) is 1.24. The van der Waals surface area contributed by atoms with E-state index in [1.54, 1.807) is 11.3 Å². The lowest BCUT2D eigenvalue weighted by Crippen LogP contribution is -2.44. The molecule has 2 N–H and O–H groups in total. The fourth-order valence-electron chi connectivity index (χ4n) is 2.88. The standard InChI is InChI=1S/C15H22N2O2S2/c1-15(5-2-7-21-15)10-17-14(18)16-9-12-11-4-8-20-13(11)3-6-19-12/h4,8,12H,2-3,5-7,9-10H2,1H3,(H2,16,17,18). The van der Waals surface area contributed by atoms with Crippen molar-refractivity contribution in [1.29, 1.82) is 0 Å². The molecule has 1 fully saturated rings. The second-order valence-corrected chi connectivity index (χ2v) is 8.56. The van der Waals surface area contributed by atoms with E-state index in [9.17, 15) is 4.79 Å². The van der Waals surface area contributed by atoms with Crippen LogP contribution in [-0.4, -0.2) is 36.2 Å². The molecular formula is C15H22N2O2S2. The van der Waals surface area contributed by atoms with Crippen molar-refractivity contribution in [3.05, 3.63) is 21.9 Å². The van der Waals surface area contributed by atoms with Gasteiger partial charge >= 0.3 is 6.03 Å². The van der Waals surface area contributed by atoms with Crippen molar-refractivity contribution in [2.45, 2.75) is 37.0 Å². The van der Waals surface area contributed by atoms with Crippen LogP contribution in [0.15, 0.2) is 11.4 Å². The van der Waals surface area contributed by atoms with Gasteiger partial charge in [-0.15, -0.1) is 11.3 Å². The first-order chi connectivity index (χ1) is 10.2. The SMILES string of the molecule is CC1(CNC(=O)NCC2OCCc3sccc32)CCCS1. The van der Waals surface area contributed by atoms with Gasteiger partial charge in [-0.1, -0.05) is 0 Å². The zero-order chi connectivity index (χ0) is 14.7. The third kappa shape index (κ3) is 3.73. The summed E-state index contributed by atoms with van der Waals surface area (Å²) < 4.78 is 5.98. The zero-order valence-corrected chi connectivity index (χ0v) is 13.9. The molecule has 1 saturated heterocycles. The summed E-state index contributed by atoms with van der Waals surface area (Å²) in [7, 11) is 0. The zero-order valence-electron chi connectivity index (χ0n) is 12.3. The van der Waals surface area contributed by atoms with Crippen LogP contribution in [0.25, 0.3) is 0 Å². The van der Waals surface area contributed by atoms with Crippen molar-refractivity contribution < 1.29 is 9.53 Å². The number of ether oxygens (including phenoxy) is 1. The molecule has 0 aliphatic carbocycles. The maximum atomic E-state index is 12.0. The Balaban J connectivity index is 1.44. The number of nitrogens with one attached hydrogen (secondary N) is 2. The molecule has 1 aromatic rings. The summed E-state index contributed by atoms with van der Waals surface area (Å²) >= 11 is 3.74. The monoisotopic (exact) mass is 326 g/mol. The van der Waals surface area contributed by atoms with Crippen molar-refractivity contribution in [3.8, 4) is 0 Å². The average Bonchev–Trinajstić information content (AvgIpc) is 3.12. The summed E-state index contributed by atoms with van der Waals surface area (Å²) in [5, 5.41) is 8.04. The van der Waals surface area contributed by atoms with Crippen LogP contribution >= 0.6 is 23.1 Å². The highest BCUT2D eigenvalue weighted by molar-refractivity contribution is 8.00. The number of carbonyl (C=O) groups is 1. The molecule has 0 bridgehead atoms. The second-order valence-electron chi connectivity index (χ2n) is 5.87. The summed E-state index contributed by atoms with van der Waals surface area (Å²) in [6, 6.07) is 2.02. The molecule has 1 aromatic heterocycles. The lowest BCUT2D eigenvalue weighted by atomic mass is 10.1. The highest BCUT2D eigenvalue weighted by Gasteiger charge is 2.30. The maximum Gasteiger partial charge on any atom is 0.314 e. The van der Waals surface area contributed by atoms with E-state index in [4.69, 9.17) is 4.74 Å². The Hall–Kier alpha value is -0.720. The Morgan fingerprint density at radius 2 is 2.43 bits per heavy atom. The predicted molar refractivity (Wildman–Crippen MR) is 88.2 cm³/mol. The van der Waals surface area contributed by atoms with Crippen molar-refractivity contribution in [3.63, 3.8) is 0 Å². The van der Waals surface area contributed by atoms with E-state index in [-0.39, 0.29) is 16.9 Å². The highest BCUT2D eigenvalue weighted by atomic mass is 32.2. The van der Waals surface area contributed by atoms with E-state index in [0.717, 1.165) is 19.6 Å². The van der Waals surface area contributed by atoms with Crippen molar-refractivity contribution in [1.82, 2.24) is 10.6 Å². The van der Waals surface area contributed by atoms with Crippen molar-refractivity contribution >= 4 is 29.1 Å². The molecule has 3 rings (SSSR count). The van der Waals surface area contributed by atoms with Crippen LogP contribution in [-0.2, 0) is 11.2 Å². The number of amides is 2. The molecule has 2 atom stereocenters. The van der Waals surface area contributed by atoms with Crippen LogP contribution in [0.4, 0.5) is 4.79 Å². The van der Waals surface area contributed by atoms with Gasteiger partial charge in [0, 0.05) is 29.1 Å². The van der Waals surface area contributed by atoms with E-state index in [1.165, 1.54) is 29.0 Å². The van der Waals surface area contributed by atoms with Gasteiger partial charge in [0.15, 0.2) is 0 Å². The molecule has 21 heavy (non-hydrogen) atoms. The second kappa shape index (κ2) is 6.58. The number of rotatable bonds is 4. The van der Waals surface area contributed by atoms with Gasteiger partial charge in [-0.25, -0.2) is 4.79 Å². The van der Waals surface area contributed by atoms with Crippen LogP contribution < -0.4 is 10.6 Å². The molecule has 2 aliphatic heterocycles. The van der Waals surface area contributed by atoms with E-state index < -0.39 is 0 Å². The molecule has 0 radical (unpaired) electrons. The molecular weight excluding hydrogens is 304 g/mol. The lowest BCUT2D eigenvalue weighted by molar-refractivity contribution is 0.0454. The van der Waals surface area contributed by atoms with Crippen LogP contribution in [0.1, 0.15) is 36.3 Å². The Labute approximate surface area is 134 Å². The minimum atomic E-state index is -0.0883. The summed E-state index contributed by atoms with van der Waals surface area (Å²) in [6.07, 6.45) is 3.43. The first kappa shape index (κ1) is 15.2. The number of fused-ring (bicyclic) bond motifs is 1. The number of carbonyl (C=O) groups excluding carboxylic acids is 1. The lowest BCUT2D eigenvalue weighted by Gasteiger charge is -2.25. The van der Waals surface area contributed by atoms with E-state index in [2.05, 4.69) is 29.0 Å². The third-order valence-electron chi connectivity index (χ3n) is 4.15. The Kier molecular flexibility index (Phi) is 4.76. The first-order valence-corrected chi connectivity index (χ1v) is 9.36. The number of thioether (sulfide) groups is 1. The molecule has 0 aromatic carbocycles. The van der Waals surface area contributed by atoms with E-state index in [0.29, 0.717) is 6.54 Å². The van der Waals surface area contributed by atoms with E-state index >= 15 is 0 Å². The fourth-order valence-corrected chi connectivity index (χ4v) is 5.04. The van der Waals surface area contributed by atoms with Crippen LogP contribution in [0.2, 0.25) is 0 Å². The minimum Gasteiger partial charge on any atom is -0.371 e. The molecule has 116 valence electrons. The Morgan fingerprint density at radius 3 is 3.24 bits per heavy atom. The molecule has 3 heterocycles. The van der Waals surface area contributed by atoms with Gasteiger partial charge in [0.25, 0.3) is 0 Å². The summed E-state index contributed by atoms with van der Waals surface area (Å²) in [4.78, 5) is 13.3. The van der Waals surface area contributed by atoms with Crippen LogP contribution in [0.3, 0.4) is 0 Å². The minimum absolute atomic E-state index is 0.00203. The summed E-state index contributed by atoms with van der Waals surface area (Å²) in [6.45, 7) is 4.25. The van der Waals surface area contributed by atoms with Gasteiger partial charge in [-0.05, 0) is 42.5 Å². The summed E-state index contributed by atoms with van der Waals surface area (Å²) in [5.74, 6) is 1.21. The molecule has 2 amide bonds. The first-order valence-electron chi connectivity index (χ1n) is 7.50. The number of hydrogen-bond donors (Lipinski definition) is 2. The smallest absolute Gasteiger partial charge is 0.314 e. The molecule has 0 spiro atoms. The quantitative estimate of drug-likeness (QED) is 0.894. The van der Waals surface area contributed by atoms with Crippen LogP contribution in [0.5, 0.6) is 0 Å². The van der Waals surface area contributed by atoms with Gasteiger partial charge in [0.05, 0.1) is 6.61 Å².